The van der Waals surface area contributed by atoms with E-state index in [0.717, 1.165) is 5.92 Å². The smallest absolute Gasteiger partial charge is 0.0403 e. The highest BCUT2D eigenvalue weighted by molar-refractivity contribution is 9.09. The molecule has 0 heterocycles. The molecule has 0 N–H and O–H groups in total. The number of benzene rings is 1. The van der Waals surface area contributed by atoms with Gasteiger partial charge in [-0.05, 0) is 67.9 Å². The highest BCUT2D eigenvalue weighted by atomic mass is 79.9. The Hall–Kier alpha value is -0.300. The fourth-order valence-electron chi connectivity index (χ4n) is 2.48. The second-order valence-corrected chi connectivity index (χ2v) is 6.43. The molecule has 0 spiro atoms. The van der Waals surface area contributed by atoms with Crippen LogP contribution in [0.25, 0.3) is 0 Å². The maximum atomic E-state index is 3.90. The first-order valence-corrected chi connectivity index (χ1v) is 7.13. The van der Waals surface area contributed by atoms with Crippen molar-refractivity contribution in [1.29, 1.82) is 0 Å². The summed E-state index contributed by atoms with van der Waals surface area (Å²) in [5.41, 5.74) is 7.36. The zero-order chi connectivity index (χ0) is 11.9. The van der Waals surface area contributed by atoms with Crippen LogP contribution < -0.4 is 0 Å². The molecular weight excluding hydrogens is 260 g/mol. The van der Waals surface area contributed by atoms with E-state index in [1.165, 1.54) is 41.5 Å². The summed E-state index contributed by atoms with van der Waals surface area (Å²) in [7, 11) is 0. The third kappa shape index (κ3) is 2.34. The largest absolute Gasteiger partial charge is 0.0838 e. The van der Waals surface area contributed by atoms with E-state index in [4.69, 9.17) is 0 Å². The van der Waals surface area contributed by atoms with E-state index in [0.29, 0.717) is 4.83 Å². The van der Waals surface area contributed by atoms with Crippen LogP contribution in [0.4, 0.5) is 0 Å². The lowest BCUT2D eigenvalue weighted by Crippen LogP contribution is -2.02. The molecule has 1 aromatic rings. The summed E-state index contributed by atoms with van der Waals surface area (Å²) in [6.07, 6.45) is 4.18. The fraction of sp³-hybridized carbons (Fsp3) is 0.600. The predicted octanol–water partition coefficient (Wildman–Crippen LogP) is 5.16. The van der Waals surface area contributed by atoms with Gasteiger partial charge in [-0.3, -0.25) is 0 Å². The molecule has 0 saturated heterocycles. The number of alkyl halides is 1. The van der Waals surface area contributed by atoms with Gasteiger partial charge < -0.3 is 0 Å². The quantitative estimate of drug-likeness (QED) is 0.671. The van der Waals surface area contributed by atoms with Crippen LogP contribution in [0.5, 0.6) is 0 Å². The lowest BCUT2D eigenvalue weighted by molar-refractivity contribution is 0.715. The van der Waals surface area contributed by atoms with E-state index in [1.807, 2.05) is 0 Å². The summed E-state index contributed by atoms with van der Waals surface area (Å²) in [6.45, 7) is 8.97. The van der Waals surface area contributed by atoms with Gasteiger partial charge in [0.15, 0.2) is 0 Å². The second kappa shape index (κ2) is 4.52. The van der Waals surface area contributed by atoms with Crippen molar-refractivity contribution < 1.29 is 0 Å². The first-order chi connectivity index (χ1) is 7.50. The molecule has 0 radical (unpaired) electrons. The average Bonchev–Trinajstić information content (AvgIpc) is 2.99. The van der Waals surface area contributed by atoms with E-state index >= 15 is 0 Å². The molecule has 1 saturated carbocycles. The molecule has 0 aliphatic heterocycles. The Labute approximate surface area is 108 Å². The van der Waals surface area contributed by atoms with Crippen LogP contribution in [0.1, 0.15) is 51.9 Å². The first kappa shape index (κ1) is 12.2. The van der Waals surface area contributed by atoms with Crippen LogP contribution in [0.15, 0.2) is 6.07 Å². The lowest BCUT2D eigenvalue weighted by atomic mass is 9.91. The Morgan fingerprint density at radius 1 is 1.12 bits per heavy atom. The molecule has 1 unspecified atom stereocenters. The Bertz CT molecular complexity index is 376. The Kier molecular flexibility index (Phi) is 3.44. The Morgan fingerprint density at radius 2 is 1.62 bits per heavy atom. The molecule has 16 heavy (non-hydrogen) atoms. The molecule has 0 nitrogen and oxygen atoms in total. The van der Waals surface area contributed by atoms with E-state index in [9.17, 15) is 0 Å². The van der Waals surface area contributed by atoms with Crippen LogP contribution >= 0.6 is 15.9 Å². The van der Waals surface area contributed by atoms with Crippen LogP contribution in [0, 0.1) is 33.6 Å². The van der Waals surface area contributed by atoms with Gasteiger partial charge in [0.25, 0.3) is 0 Å². The molecular formula is C15H21Br. The molecule has 0 bridgehead atoms. The summed E-state index contributed by atoms with van der Waals surface area (Å²) in [4.78, 5) is 0.554. The van der Waals surface area contributed by atoms with Crippen molar-refractivity contribution in [3.63, 3.8) is 0 Å². The van der Waals surface area contributed by atoms with E-state index in [2.05, 4.69) is 49.7 Å². The monoisotopic (exact) mass is 280 g/mol. The number of halogens is 1. The summed E-state index contributed by atoms with van der Waals surface area (Å²) in [6, 6.07) is 2.31. The van der Waals surface area contributed by atoms with E-state index in [-0.39, 0.29) is 0 Å². The Balaban J connectivity index is 2.36. The minimum atomic E-state index is 0.554. The molecule has 88 valence electrons. The molecule has 1 fully saturated rings. The summed E-state index contributed by atoms with van der Waals surface area (Å²) in [5, 5.41) is 0. The zero-order valence-electron chi connectivity index (χ0n) is 10.7. The summed E-state index contributed by atoms with van der Waals surface area (Å²) >= 11 is 3.90. The van der Waals surface area contributed by atoms with Gasteiger partial charge in [0.1, 0.15) is 0 Å². The van der Waals surface area contributed by atoms with Gasteiger partial charge in [0.2, 0.25) is 0 Å². The van der Waals surface area contributed by atoms with E-state index in [1.54, 1.807) is 5.56 Å². The van der Waals surface area contributed by atoms with Crippen molar-refractivity contribution >= 4 is 15.9 Å². The highest BCUT2D eigenvalue weighted by Gasteiger charge is 2.26. The average molecular weight is 281 g/mol. The van der Waals surface area contributed by atoms with Crippen LogP contribution in [-0.4, -0.2) is 0 Å². The maximum Gasteiger partial charge on any atom is 0.0403 e. The van der Waals surface area contributed by atoms with Gasteiger partial charge >= 0.3 is 0 Å². The Morgan fingerprint density at radius 3 is 2.06 bits per heavy atom. The molecule has 0 amide bonds. The van der Waals surface area contributed by atoms with E-state index < -0.39 is 0 Å². The van der Waals surface area contributed by atoms with Gasteiger partial charge in [-0.25, -0.2) is 0 Å². The number of rotatable bonds is 3. The molecule has 1 aliphatic rings. The zero-order valence-corrected chi connectivity index (χ0v) is 12.3. The third-order valence-electron chi connectivity index (χ3n) is 3.97. The minimum absolute atomic E-state index is 0.554. The van der Waals surface area contributed by atoms with Gasteiger partial charge in [-0.15, -0.1) is 0 Å². The minimum Gasteiger partial charge on any atom is -0.0838 e. The standard InChI is InChI=1S/C15H21Br/c1-9-7-10(2)12(4)15(11(9)3)14(16)8-13-5-6-13/h7,13-14H,5-6,8H2,1-4H3. The van der Waals surface area contributed by atoms with Crippen molar-refractivity contribution in [2.75, 3.05) is 0 Å². The lowest BCUT2D eigenvalue weighted by Gasteiger charge is -2.19. The van der Waals surface area contributed by atoms with Gasteiger partial charge in [0, 0.05) is 4.83 Å². The molecule has 1 aromatic carbocycles. The van der Waals surface area contributed by atoms with Crippen molar-refractivity contribution in [2.24, 2.45) is 5.92 Å². The number of hydrogen-bond donors (Lipinski definition) is 0. The van der Waals surface area contributed by atoms with Gasteiger partial charge in [0.05, 0.1) is 0 Å². The van der Waals surface area contributed by atoms with Crippen LogP contribution in [-0.2, 0) is 0 Å². The normalized spacial score (nSPS) is 17.6. The van der Waals surface area contributed by atoms with Gasteiger partial charge in [-0.1, -0.05) is 34.8 Å². The topological polar surface area (TPSA) is 0 Å². The van der Waals surface area contributed by atoms with Crippen molar-refractivity contribution in [2.45, 2.75) is 51.8 Å². The highest BCUT2D eigenvalue weighted by Crippen LogP contribution is 2.43. The molecule has 1 aliphatic carbocycles. The third-order valence-corrected chi connectivity index (χ3v) is 4.81. The number of aryl methyl sites for hydroxylation is 2. The molecule has 1 atom stereocenters. The van der Waals surface area contributed by atoms with Crippen molar-refractivity contribution in [1.82, 2.24) is 0 Å². The van der Waals surface area contributed by atoms with Crippen molar-refractivity contribution in [3.8, 4) is 0 Å². The molecule has 2 rings (SSSR count). The second-order valence-electron chi connectivity index (χ2n) is 5.32. The predicted molar refractivity (Wildman–Crippen MR) is 74.4 cm³/mol. The summed E-state index contributed by atoms with van der Waals surface area (Å²) < 4.78 is 0. The van der Waals surface area contributed by atoms with Crippen molar-refractivity contribution in [3.05, 3.63) is 33.9 Å². The first-order valence-electron chi connectivity index (χ1n) is 6.22. The summed E-state index contributed by atoms with van der Waals surface area (Å²) in [5.74, 6) is 0.976. The van der Waals surface area contributed by atoms with Crippen LogP contribution in [0.2, 0.25) is 0 Å². The fourth-order valence-corrected chi connectivity index (χ4v) is 3.70. The molecule has 0 aromatic heterocycles. The SMILES string of the molecule is Cc1cc(C)c(C)c(C(Br)CC2CC2)c1C. The van der Waals surface area contributed by atoms with Gasteiger partial charge in [-0.2, -0.15) is 0 Å². The maximum absolute atomic E-state index is 3.90. The van der Waals surface area contributed by atoms with Crippen LogP contribution in [0.3, 0.4) is 0 Å². The molecule has 1 heteroatoms. The number of hydrogen-bond acceptors (Lipinski definition) is 0.